The molecular weight excluding hydrogens is 432 g/mol. The van der Waals surface area contributed by atoms with E-state index in [1.165, 1.54) is 11.0 Å². The number of hydrogen-bond donors (Lipinski definition) is 1. The highest BCUT2D eigenvalue weighted by Crippen LogP contribution is 2.31. The van der Waals surface area contributed by atoms with Crippen molar-refractivity contribution in [1.82, 2.24) is 10.2 Å². The normalized spacial score (nSPS) is 18.2. The number of imide groups is 2. The van der Waals surface area contributed by atoms with Crippen LogP contribution >= 0.6 is 0 Å². The standard InChI is InChI=1S/C27H30N2O5/c1-3-33-24-16-19(12-13-23(24)34-17-20-9-7-8-18(2)14-20)15-22-25(30)28-27(32)29(26(22)31)21-10-5-4-6-11-21/h7-9,12-16,21H,3-6,10-11,17H2,1-2H3,(H,28,30,32)/b22-15-. The first-order valence-electron chi connectivity index (χ1n) is 11.8. The third-order valence-electron chi connectivity index (χ3n) is 6.13. The highest BCUT2D eigenvalue weighted by molar-refractivity contribution is 6.31. The van der Waals surface area contributed by atoms with E-state index >= 15 is 0 Å². The van der Waals surface area contributed by atoms with Crippen LogP contribution in [0.15, 0.2) is 48.0 Å². The Morgan fingerprint density at radius 1 is 1.00 bits per heavy atom. The molecule has 2 fully saturated rings. The fourth-order valence-electron chi connectivity index (χ4n) is 4.47. The first-order valence-corrected chi connectivity index (χ1v) is 11.8. The lowest BCUT2D eigenvalue weighted by Gasteiger charge is -2.35. The van der Waals surface area contributed by atoms with E-state index in [4.69, 9.17) is 9.47 Å². The Hall–Kier alpha value is -3.61. The summed E-state index contributed by atoms with van der Waals surface area (Å²) in [5, 5.41) is 2.32. The number of carbonyl (C=O) groups is 3. The van der Waals surface area contributed by atoms with Gasteiger partial charge in [-0.25, -0.2) is 4.79 Å². The van der Waals surface area contributed by atoms with Crippen LogP contribution in [-0.2, 0) is 16.2 Å². The molecule has 0 aromatic heterocycles. The van der Waals surface area contributed by atoms with Crippen LogP contribution in [0.4, 0.5) is 4.79 Å². The molecule has 2 aromatic carbocycles. The zero-order valence-corrected chi connectivity index (χ0v) is 19.6. The first-order chi connectivity index (χ1) is 16.5. The number of aryl methyl sites for hydroxylation is 1. The SMILES string of the molecule is CCOc1cc(/C=C2/C(=O)NC(=O)N(C3CCCCC3)C2=O)ccc1OCc1cccc(C)c1. The van der Waals surface area contributed by atoms with Crippen LogP contribution in [0.2, 0.25) is 0 Å². The van der Waals surface area contributed by atoms with Crippen LogP contribution in [-0.4, -0.2) is 35.4 Å². The number of benzene rings is 2. The molecule has 1 aliphatic carbocycles. The minimum atomic E-state index is -0.681. The molecule has 0 atom stereocenters. The van der Waals surface area contributed by atoms with Crippen molar-refractivity contribution in [3.8, 4) is 11.5 Å². The average Bonchev–Trinajstić information content (AvgIpc) is 2.82. The minimum Gasteiger partial charge on any atom is -0.490 e. The van der Waals surface area contributed by atoms with E-state index in [0.717, 1.165) is 43.2 Å². The number of nitrogens with zero attached hydrogens (tertiary/aromatic N) is 1. The number of urea groups is 1. The van der Waals surface area contributed by atoms with Gasteiger partial charge in [0.25, 0.3) is 11.8 Å². The molecule has 1 saturated heterocycles. The van der Waals surface area contributed by atoms with Gasteiger partial charge in [0.2, 0.25) is 0 Å². The molecule has 178 valence electrons. The van der Waals surface area contributed by atoms with E-state index < -0.39 is 17.8 Å². The number of rotatable bonds is 7. The maximum absolute atomic E-state index is 13.1. The van der Waals surface area contributed by atoms with Gasteiger partial charge < -0.3 is 9.47 Å². The Morgan fingerprint density at radius 2 is 1.79 bits per heavy atom. The summed E-state index contributed by atoms with van der Waals surface area (Å²) in [7, 11) is 0. The molecule has 0 unspecified atom stereocenters. The molecule has 2 aromatic rings. The lowest BCUT2D eigenvalue weighted by atomic mass is 9.93. The van der Waals surface area contributed by atoms with Crippen molar-refractivity contribution in [2.24, 2.45) is 0 Å². The summed E-state index contributed by atoms with van der Waals surface area (Å²) in [6, 6.07) is 12.5. The molecular formula is C27H30N2O5. The molecule has 0 radical (unpaired) electrons. The summed E-state index contributed by atoms with van der Waals surface area (Å²) < 4.78 is 11.7. The van der Waals surface area contributed by atoms with Crippen molar-refractivity contribution in [1.29, 1.82) is 0 Å². The van der Waals surface area contributed by atoms with Crippen molar-refractivity contribution < 1.29 is 23.9 Å². The quantitative estimate of drug-likeness (QED) is 0.473. The Morgan fingerprint density at radius 3 is 2.53 bits per heavy atom. The zero-order chi connectivity index (χ0) is 24.1. The lowest BCUT2D eigenvalue weighted by Crippen LogP contribution is -2.58. The smallest absolute Gasteiger partial charge is 0.331 e. The molecule has 4 amide bonds. The maximum atomic E-state index is 13.1. The van der Waals surface area contributed by atoms with E-state index in [-0.39, 0.29) is 11.6 Å². The summed E-state index contributed by atoms with van der Waals surface area (Å²) in [6.45, 7) is 4.73. The van der Waals surface area contributed by atoms with E-state index in [1.54, 1.807) is 18.2 Å². The summed E-state index contributed by atoms with van der Waals surface area (Å²) in [5.41, 5.74) is 2.76. The molecule has 7 heteroatoms. The number of ether oxygens (including phenoxy) is 2. The highest BCUT2D eigenvalue weighted by Gasteiger charge is 2.40. The van der Waals surface area contributed by atoms with Crippen LogP contribution in [0.3, 0.4) is 0 Å². The second kappa shape index (κ2) is 10.5. The predicted octanol–water partition coefficient (Wildman–Crippen LogP) is 4.77. The molecule has 2 aliphatic rings. The van der Waals surface area contributed by atoms with Gasteiger partial charge in [0.1, 0.15) is 12.2 Å². The van der Waals surface area contributed by atoms with Crippen molar-refractivity contribution in [2.45, 2.75) is 58.6 Å². The van der Waals surface area contributed by atoms with E-state index in [0.29, 0.717) is 30.3 Å². The van der Waals surface area contributed by atoms with Gasteiger partial charge in [-0.15, -0.1) is 0 Å². The molecule has 1 heterocycles. The number of nitrogens with one attached hydrogen (secondary N) is 1. The van der Waals surface area contributed by atoms with Crippen LogP contribution in [0.25, 0.3) is 6.08 Å². The monoisotopic (exact) mass is 462 g/mol. The van der Waals surface area contributed by atoms with Gasteiger partial charge in [-0.05, 0) is 56.0 Å². The molecule has 4 rings (SSSR count). The third kappa shape index (κ3) is 5.30. The van der Waals surface area contributed by atoms with Crippen molar-refractivity contribution in [3.05, 3.63) is 64.7 Å². The van der Waals surface area contributed by atoms with Gasteiger partial charge in [-0.3, -0.25) is 19.8 Å². The third-order valence-corrected chi connectivity index (χ3v) is 6.13. The topological polar surface area (TPSA) is 84.9 Å². The number of amides is 4. The zero-order valence-electron chi connectivity index (χ0n) is 19.6. The first kappa shape index (κ1) is 23.5. The largest absolute Gasteiger partial charge is 0.490 e. The summed E-state index contributed by atoms with van der Waals surface area (Å²) in [4.78, 5) is 39.3. The lowest BCUT2D eigenvalue weighted by molar-refractivity contribution is -0.132. The molecule has 0 bridgehead atoms. The van der Waals surface area contributed by atoms with Crippen molar-refractivity contribution in [3.63, 3.8) is 0 Å². The second-order valence-electron chi connectivity index (χ2n) is 8.70. The minimum absolute atomic E-state index is 0.0546. The summed E-state index contributed by atoms with van der Waals surface area (Å²) >= 11 is 0. The Labute approximate surface area is 199 Å². The summed E-state index contributed by atoms with van der Waals surface area (Å²) in [6.07, 6.45) is 6.07. The number of barbiturate groups is 1. The van der Waals surface area contributed by atoms with Gasteiger partial charge in [-0.2, -0.15) is 0 Å². The Balaban J connectivity index is 1.56. The van der Waals surface area contributed by atoms with E-state index in [9.17, 15) is 14.4 Å². The Kier molecular flexibility index (Phi) is 7.30. The summed E-state index contributed by atoms with van der Waals surface area (Å²) in [5.74, 6) is -0.129. The molecule has 34 heavy (non-hydrogen) atoms. The second-order valence-corrected chi connectivity index (χ2v) is 8.70. The average molecular weight is 463 g/mol. The van der Waals surface area contributed by atoms with Crippen molar-refractivity contribution in [2.75, 3.05) is 6.61 Å². The molecule has 0 spiro atoms. The fraction of sp³-hybridized carbons (Fsp3) is 0.370. The van der Waals surface area contributed by atoms with Gasteiger partial charge in [0.15, 0.2) is 11.5 Å². The van der Waals surface area contributed by atoms with Crippen LogP contribution in [0.1, 0.15) is 55.7 Å². The molecule has 7 nitrogen and oxygen atoms in total. The van der Waals surface area contributed by atoms with Crippen LogP contribution in [0, 0.1) is 6.92 Å². The van der Waals surface area contributed by atoms with Gasteiger partial charge >= 0.3 is 6.03 Å². The Bertz CT molecular complexity index is 1120. The number of carbonyl (C=O) groups excluding carboxylic acids is 3. The molecule has 1 aliphatic heterocycles. The van der Waals surface area contributed by atoms with E-state index in [2.05, 4.69) is 11.4 Å². The van der Waals surface area contributed by atoms with Gasteiger partial charge in [0, 0.05) is 6.04 Å². The fourth-order valence-corrected chi connectivity index (χ4v) is 4.47. The highest BCUT2D eigenvalue weighted by atomic mass is 16.5. The van der Waals surface area contributed by atoms with Crippen LogP contribution in [0.5, 0.6) is 11.5 Å². The van der Waals surface area contributed by atoms with Gasteiger partial charge in [0.05, 0.1) is 6.61 Å². The van der Waals surface area contributed by atoms with E-state index in [1.807, 2.05) is 32.0 Å². The molecule has 1 saturated carbocycles. The van der Waals surface area contributed by atoms with Gasteiger partial charge in [-0.1, -0.05) is 55.2 Å². The predicted molar refractivity (Wildman–Crippen MR) is 128 cm³/mol. The number of hydrogen-bond acceptors (Lipinski definition) is 5. The van der Waals surface area contributed by atoms with Crippen LogP contribution < -0.4 is 14.8 Å². The molecule has 1 N–H and O–H groups in total. The maximum Gasteiger partial charge on any atom is 0.331 e. The van der Waals surface area contributed by atoms with Crippen molar-refractivity contribution >= 4 is 23.9 Å².